The zero-order valence-corrected chi connectivity index (χ0v) is 7.57. The summed E-state index contributed by atoms with van der Waals surface area (Å²) in [6.07, 6.45) is 8.97. The number of hydrogen-bond acceptors (Lipinski definition) is 0. The molecular weight excluding hydrogens is 132 g/mol. The summed E-state index contributed by atoms with van der Waals surface area (Å²) in [5, 5.41) is 0. The molecule has 11 heavy (non-hydrogen) atoms. The Kier molecular flexibility index (Phi) is 5.40. The van der Waals surface area contributed by atoms with Gasteiger partial charge >= 0.3 is 0 Å². The minimum Gasteiger partial charge on any atom is -0.106 e. The van der Waals surface area contributed by atoms with Crippen LogP contribution in [0.4, 0.5) is 0 Å². The van der Waals surface area contributed by atoms with E-state index >= 15 is 0 Å². The van der Waals surface area contributed by atoms with Crippen molar-refractivity contribution < 1.29 is 0 Å². The van der Waals surface area contributed by atoms with Crippen molar-refractivity contribution in [1.29, 1.82) is 0 Å². The van der Waals surface area contributed by atoms with Crippen molar-refractivity contribution in [1.82, 2.24) is 0 Å². The molecule has 0 spiro atoms. The van der Waals surface area contributed by atoms with Gasteiger partial charge in [-0.1, -0.05) is 19.8 Å². The maximum Gasteiger partial charge on any atom is 0.0185 e. The first kappa shape index (κ1) is 10.1. The van der Waals surface area contributed by atoms with Gasteiger partial charge in [0.15, 0.2) is 0 Å². The molecule has 1 radical (unpaired) electrons. The maximum atomic E-state index is 6.87. The fraction of sp³-hybridized carbons (Fsp3) is 0.636. The third-order valence-corrected chi connectivity index (χ3v) is 1.67. The molecule has 0 aromatic carbocycles. The molecule has 0 amide bonds. The smallest absolute Gasteiger partial charge is 0.0185 e. The van der Waals surface area contributed by atoms with Crippen LogP contribution < -0.4 is 0 Å². The second-order valence-electron chi connectivity index (χ2n) is 2.92. The van der Waals surface area contributed by atoms with E-state index in [1.165, 1.54) is 0 Å². The summed E-state index contributed by atoms with van der Waals surface area (Å²) in [7, 11) is 0. The van der Waals surface area contributed by atoms with Gasteiger partial charge in [0.2, 0.25) is 0 Å². The Morgan fingerprint density at radius 2 is 1.73 bits per heavy atom. The molecule has 0 aliphatic rings. The van der Waals surface area contributed by atoms with Crippen LogP contribution in [0, 0.1) is 36.0 Å². The predicted molar refractivity (Wildman–Crippen MR) is 48.1 cm³/mol. The highest BCUT2D eigenvalue weighted by Crippen LogP contribution is 2.10. The van der Waals surface area contributed by atoms with E-state index in [9.17, 15) is 0 Å². The molecule has 0 aliphatic heterocycles. The molecule has 0 nitrogen and oxygen atoms in total. The molecule has 59 valence electrons. The Hall–Kier alpha value is -0.880. The highest BCUT2D eigenvalue weighted by molar-refractivity contribution is 4.99. The molecule has 0 fully saturated rings. The SMILES string of the molecule is [C]#CC(C)CCC(C)C#CC. The lowest BCUT2D eigenvalue weighted by molar-refractivity contribution is 0.555. The number of hydrogen-bond donors (Lipinski definition) is 0. The summed E-state index contributed by atoms with van der Waals surface area (Å²) in [5.41, 5.74) is 0. The second kappa shape index (κ2) is 5.87. The van der Waals surface area contributed by atoms with Crippen molar-refractivity contribution in [3.8, 4) is 17.8 Å². The van der Waals surface area contributed by atoms with Crippen LogP contribution in [0.15, 0.2) is 0 Å². The van der Waals surface area contributed by atoms with E-state index in [1.807, 2.05) is 13.8 Å². The summed E-state index contributed by atoms with van der Waals surface area (Å²) < 4.78 is 0. The van der Waals surface area contributed by atoms with Crippen LogP contribution in [-0.4, -0.2) is 0 Å². The fourth-order valence-electron chi connectivity index (χ4n) is 0.891. The van der Waals surface area contributed by atoms with Crippen LogP contribution in [0.25, 0.3) is 0 Å². The summed E-state index contributed by atoms with van der Waals surface area (Å²) in [4.78, 5) is 0. The molecule has 0 heterocycles. The molecule has 0 bridgehead atoms. The Balaban J connectivity index is 3.52. The molecule has 0 heteroatoms. The number of rotatable bonds is 3. The first-order valence-electron chi connectivity index (χ1n) is 4.05. The standard InChI is InChI=1S/C11H15/c1-5-7-11(4)9-8-10(3)6-2/h10-11H,8-9H2,1,3-4H3. The Labute approximate surface area is 70.4 Å². The van der Waals surface area contributed by atoms with E-state index in [1.54, 1.807) is 0 Å². The molecule has 0 rings (SSSR count). The topological polar surface area (TPSA) is 0 Å². The molecule has 0 saturated heterocycles. The van der Waals surface area contributed by atoms with Gasteiger partial charge in [-0.3, -0.25) is 0 Å². The van der Waals surface area contributed by atoms with Crippen LogP contribution >= 0.6 is 0 Å². The van der Waals surface area contributed by atoms with Crippen LogP contribution in [0.5, 0.6) is 0 Å². The summed E-state index contributed by atoms with van der Waals surface area (Å²) >= 11 is 0. The normalized spacial score (nSPS) is 14.0. The van der Waals surface area contributed by atoms with Crippen molar-refractivity contribution in [2.45, 2.75) is 33.6 Å². The lowest BCUT2D eigenvalue weighted by Crippen LogP contribution is -1.95. The van der Waals surface area contributed by atoms with Gasteiger partial charge in [0.1, 0.15) is 0 Å². The fourth-order valence-corrected chi connectivity index (χ4v) is 0.891. The van der Waals surface area contributed by atoms with Crippen LogP contribution in [0.2, 0.25) is 0 Å². The van der Waals surface area contributed by atoms with Gasteiger partial charge < -0.3 is 0 Å². The van der Waals surface area contributed by atoms with Crippen molar-refractivity contribution in [2.75, 3.05) is 0 Å². The minimum absolute atomic E-state index is 0.288. The van der Waals surface area contributed by atoms with E-state index in [-0.39, 0.29) is 5.92 Å². The first-order chi connectivity index (χ1) is 5.20. The summed E-state index contributed by atoms with van der Waals surface area (Å²) in [5.74, 6) is 9.20. The molecule has 2 atom stereocenters. The lowest BCUT2D eigenvalue weighted by Gasteiger charge is -2.04. The van der Waals surface area contributed by atoms with Gasteiger partial charge in [0.05, 0.1) is 0 Å². The van der Waals surface area contributed by atoms with E-state index in [0.717, 1.165) is 12.8 Å². The van der Waals surface area contributed by atoms with Gasteiger partial charge in [-0.15, -0.1) is 11.8 Å². The molecule has 0 saturated carbocycles. The Morgan fingerprint density at radius 3 is 2.18 bits per heavy atom. The molecule has 2 unspecified atom stereocenters. The van der Waals surface area contributed by atoms with Gasteiger partial charge in [-0.05, 0) is 26.2 Å². The van der Waals surface area contributed by atoms with E-state index in [4.69, 9.17) is 6.42 Å². The third-order valence-electron chi connectivity index (χ3n) is 1.67. The van der Waals surface area contributed by atoms with Crippen LogP contribution in [0.1, 0.15) is 33.6 Å². The van der Waals surface area contributed by atoms with Gasteiger partial charge in [-0.2, -0.15) is 0 Å². The quantitative estimate of drug-likeness (QED) is 0.538. The minimum atomic E-state index is 0.288. The van der Waals surface area contributed by atoms with Crippen LogP contribution in [-0.2, 0) is 0 Å². The second-order valence-corrected chi connectivity index (χ2v) is 2.92. The average molecular weight is 147 g/mol. The lowest BCUT2D eigenvalue weighted by atomic mass is 9.99. The van der Waals surface area contributed by atoms with E-state index < -0.39 is 0 Å². The summed E-state index contributed by atoms with van der Waals surface area (Å²) in [6.45, 7) is 5.99. The predicted octanol–water partition coefficient (Wildman–Crippen LogP) is 2.65. The summed E-state index contributed by atoms with van der Waals surface area (Å²) in [6, 6.07) is 0. The van der Waals surface area contributed by atoms with E-state index in [0.29, 0.717) is 5.92 Å². The molecule has 0 aromatic heterocycles. The zero-order valence-electron chi connectivity index (χ0n) is 7.57. The first-order valence-corrected chi connectivity index (χ1v) is 4.05. The van der Waals surface area contributed by atoms with Crippen molar-refractivity contribution >= 4 is 0 Å². The van der Waals surface area contributed by atoms with Gasteiger partial charge in [0, 0.05) is 11.8 Å². The average Bonchev–Trinajstić information content (AvgIpc) is 2.01. The maximum absolute atomic E-state index is 6.87. The van der Waals surface area contributed by atoms with Crippen LogP contribution in [0.3, 0.4) is 0 Å². The molecule has 0 aromatic rings. The zero-order chi connectivity index (χ0) is 8.69. The largest absolute Gasteiger partial charge is 0.106 e. The molecule has 0 aliphatic carbocycles. The Morgan fingerprint density at radius 1 is 1.18 bits per heavy atom. The van der Waals surface area contributed by atoms with Crippen molar-refractivity contribution in [3.05, 3.63) is 6.42 Å². The molecule has 0 N–H and O–H groups in total. The monoisotopic (exact) mass is 147 g/mol. The third kappa shape index (κ3) is 5.56. The Bertz CT molecular complexity index is 184. The highest BCUT2D eigenvalue weighted by Gasteiger charge is 2.00. The van der Waals surface area contributed by atoms with E-state index in [2.05, 4.69) is 24.7 Å². The van der Waals surface area contributed by atoms with Gasteiger partial charge in [0.25, 0.3) is 0 Å². The molecular formula is C11H15. The van der Waals surface area contributed by atoms with Gasteiger partial charge in [-0.25, -0.2) is 0 Å². The highest BCUT2D eigenvalue weighted by atomic mass is 14.0. The van der Waals surface area contributed by atoms with Crippen molar-refractivity contribution in [2.24, 2.45) is 11.8 Å². The van der Waals surface area contributed by atoms with Crippen molar-refractivity contribution in [3.63, 3.8) is 0 Å².